The van der Waals surface area contributed by atoms with Crippen molar-refractivity contribution in [2.24, 2.45) is 0 Å². The summed E-state index contributed by atoms with van der Waals surface area (Å²) in [5.74, 6) is 0.279. The van der Waals surface area contributed by atoms with Crippen molar-refractivity contribution in [3.63, 3.8) is 0 Å². The van der Waals surface area contributed by atoms with Crippen LogP contribution in [0.1, 0.15) is 0 Å². The van der Waals surface area contributed by atoms with Gasteiger partial charge in [-0.05, 0) is 24.3 Å². The molecule has 0 aliphatic carbocycles. The van der Waals surface area contributed by atoms with Crippen LogP contribution >= 0.6 is 11.3 Å². The first-order chi connectivity index (χ1) is 7.84. The monoisotopic (exact) mass is 316 g/mol. The van der Waals surface area contributed by atoms with Crippen LogP contribution in [0.5, 0.6) is 5.75 Å². The van der Waals surface area contributed by atoms with E-state index in [0.717, 1.165) is 20.8 Å². The van der Waals surface area contributed by atoms with Crippen LogP contribution < -0.4 is 0 Å². The second-order valence-corrected chi connectivity index (χ2v) is 4.53. The SMILES string of the molecule is Oc1ccccc1-c1nc2ccccc2s1.[Y]. The summed E-state index contributed by atoms with van der Waals surface area (Å²) in [7, 11) is 0. The predicted octanol–water partition coefficient (Wildman–Crippen LogP) is 3.67. The van der Waals surface area contributed by atoms with Gasteiger partial charge in [0.1, 0.15) is 10.8 Å². The van der Waals surface area contributed by atoms with E-state index < -0.39 is 0 Å². The van der Waals surface area contributed by atoms with Crippen molar-refractivity contribution in [3.8, 4) is 16.3 Å². The quantitative estimate of drug-likeness (QED) is 0.743. The first kappa shape index (κ1) is 12.7. The zero-order valence-corrected chi connectivity index (χ0v) is 12.7. The molecule has 2 nitrogen and oxygen atoms in total. The summed E-state index contributed by atoms with van der Waals surface area (Å²) in [5.41, 5.74) is 1.77. The molecule has 3 aromatic rings. The third-order valence-electron chi connectivity index (χ3n) is 2.43. The summed E-state index contributed by atoms with van der Waals surface area (Å²) in [6.45, 7) is 0. The molecule has 3 rings (SSSR count). The number of rotatable bonds is 1. The zero-order valence-electron chi connectivity index (χ0n) is 9.00. The van der Waals surface area contributed by atoms with Crippen LogP contribution in [-0.2, 0) is 32.7 Å². The normalized spacial score (nSPS) is 10.1. The molecule has 0 saturated heterocycles. The Labute approximate surface area is 128 Å². The number of phenols is 1. The van der Waals surface area contributed by atoms with E-state index in [1.807, 2.05) is 42.5 Å². The number of hydrogen-bond donors (Lipinski definition) is 1. The fraction of sp³-hybridized carbons (Fsp3) is 0. The molecule has 0 spiro atoms. The van der Waals surface area contributed by atoms with Gasteiger partial charge in [-0.15, -0.1) is 11.3 Å². The van der Waals surface area contributed by atoms with Gasteiger partial charge in [0.25, 0.3) is 0 Å². The first-order valence-corrected chi connectivity index (χ1v) is 5.80. The van der Waals surface area contributed by atoms with E-state index in [1.54, 1.807) is 17.4 Å². The summed E-state index contributed by atoms with van der Waals surface area (Å²) in [4.78, 5) is 4.50. The summed E-state index contributed by atoms with van der Waals surface area (Å²) >= 11 is 1.59. The second-order valence-electron chi connectivity index (χ2n) is 3.50. The third-order valence-corrected chi connectivity index (χ3v) is 3.50. The molecule has 0 bridgehead atoms. The van der Waals surface area contributed by atoms with Gasteiger partial charge >= 0.3 is 0 Å². The average Bonchev–Trinajstić information content (AvgIpc) is 2.73. The fourth-order valence-corrected chi connectivity index (χ4v) is 2.64. The molecule has 0 unspecified atom stereocenters. The molecule has 0 aliphatic heterocycles. The van der Waals surface area contributed by atoms with E-state index in [1.165, 1.54) is 0 Å². The Kier molecular flexibility index (Phi) is 3.92. The number of nitrogens with zero attached hydrogens (tertiary/aromatic N) is 1. The van der Waals surface area contributed by atoms with Crippen molar-refractivity contribution >= 4 is 21.6 Å². The van der Waals surface area contributed by atoms with Gasteiger partial charge in [-0.1, -0.05) is 24.3 Å². The molecule has 1 aromatic heterocycles. The molecule has 0 aliphatic rings. The molecule has 0 atom stereocenters. The van der Waals surface area contributed by atoms with Gasteiger partial charge in [0, 0.05) is 32.7 Å². The summed E-state index contributed by atoms with van der Waals surface area (Å²) < 4.78 is 1.14. The third kappa shape index (κ3) is 2.42. The minimum Gasteiger partial charge on any atom is -0.507 e. The molecule has 0 fully saturated rings. The number of hydrogen-bond acceptors (Lipinski definition) is 3. The van der Waals surface area contributed by atoms with Gasteiger partial charge in [0.15, 0.2) is 0 Å². The first-order valence-electron chi connectivity index (χ1n) is 4.98. The van der Waals surface area contributed by atoms with Gasteiger partial charge in [0.2, 0.25) is 0 Å². The van der Waals surface area contributed by atoms with Gasteiger partial charge in [-0.3, -0.25) is 0 Å². The summed E-state index contributed by atoms with van der Waals surface area (Å²) in [5, 5.41) is 10.6. The van der Waals surface area contributed by atoms with E-state index in [9.17, 15) is 5.11 Å². The van der Waals surface area contributed by atoms with Crippen molar-refractivity contribution in [2.75, 3.05) is 0 Å². The van der Waals surface area contributed by atoms with Crippen molar-refractivity contribution in [2.45, 2.75) is 0 Å². The summed E-state index contributed by atoms with van der Waals surface area (Å²) in [6, 6.07) is 15.3. The predicted molar refractivity (Wildman–Crippen MR) is 66.7 cm³/mol. The van der Waals surface area contributed by atoms with Crippen LogP contribution in [0.15, 0.2) is 48.5 Å². The van der Waals surface area contributed by atoms with Crippen molar-refractivity contribution in [1.82, 2.24) is 4.98 Å². The number of fused-ring (bicyclic) bond motifs is 1. The molecular formula is C13H9NOSY. The average molecular weight is 316 g/mol. The van der Waals surface area contributed by atoms with Crippen LogP contribution in [-0.4, -0.2) is 10.1 Å². The molecule has 1 radical (unpaired) electrons. The van der Waals surface area contributed by atoms with E-state index in [2.05, 4.69) is 4.98 Å². The number of benzene rings is 2. The molecule has 0 saturated carbocycles. The van der Waals surface area contributed by atoms with Gasteiger partial charge in [-0.2, -0.15) is 0 Å². The van der Waals surface area contributed by atoms with Crippen molar-refractivity contribution < 1.29 is 37.8 Å². The van der Waals surface area contributed by atoms with Gasteiger partial charge in [-0.25, -0.2) is 4.98 Å². The topological polar surface area (TPSA) is 33.1 Å². The maximum atomic E-state index is 9.76. The Morgan fingerprint density at radius 2 is 1.65 bits per heavy atom. The summed E-state index contributed by atoms with van der Waals surface area (Å²) in [6.07, 6.45) is 0. The Hall–Kier alpha value is -0.766. The second kappa shape index (κ2) is 5.26. The fourth-order valence-electron chi connectivity index (χ4n) is 1.64. The van der Waals surface area contributed by atoms with Crippen molar-refractivity contribution in [3.05, 3.63) is 48.5 Å². The maximum Gasteiger partial charge on any atom is 0.128 e. The Morgan fingerprint density at radius 1 is 0.941 bits per heavy atom. The molecule has 4 heteroatoms. The zero-order chi connectivity index (χ0) is 11.0. The minimum atomic E-state index is 0. The number of aromatic nitrogens is 1. The van der Waals surface area contributed by atoms with E-state index in [-0.39, 0.29) is 38.5 Å². The number of thiazole rings is 1. The largest absolute Gasteiger partial charge is 0.507 e. The Morgan fingerprint density at radius 3 is 2.41 bits per heavy atom. The Balaban J connectivity index is 0.00000108. The van der Waals surface area contributed by atoms with Crippen LogP contribution in [0.2, 0.25) is 0 Å². The smallest absolute Gasteiger partial charge is 0.128 e. The van der Waals surface area contributed by atoms with Gasteiger partial charge < -0.3 is 5.11 Å². The van der Waals surface area contributed by atoms with Crippen molar-refractivity contribution in [1.29, 1.82) is 0 Å². The molecular weight excluding hydrogens is 307 g/mol. The van der Waals surface area contributed by atoms with E-state index in [0.29, 0.717) is 0 Å². The molecule has 0 amide bonds. The molecule has 1 heterocycles. The number of aromatic hydroxyl groups is 1. The van der Waals surface area contributed by atoms with Crippen LogP contribution in [0.4, 0.5) is 0 Å². The number of para-hydroxylation sites is 2. The molecule has 1 N–H and O–H groups in total. The molecule has 17 heavy (non-hydrogen) atoms. The van der Waals surface area contributed by atoms with Crippen LogP contribution in [0, 0.1) is 0 Å². The van der Waals surface area contributed by atoms with Crippen LogP contribution in [0.25, 0.3) is 20.8 Å². The Bertz CT molecular complexity index is 617. The molecule has 81 valence electrons. The maximum absolute atomic E-state index is 9.76. The standard InChI is InChI=1S/C13H9NOS.Y/c15-11-7-3-1-5-9(11)13-14-10-6-2-4-8-12(10)16-13;/h1-8,15H;. The van der Waals surface area contributed by atoms with E-state index >= 15 is 0 Å². The number of phenolic OH excluding ortho intramolecular Hbond substituents is 1. The van der Waals surface area contributed by atoms with Crippen LogP contribution in [0.3, 0.4) is 0 Å². The minimum absolute atomic E-state index is 0. The van der Waals surface area contributed by atoms with Gasteiger partial charge in [0.05, 0.1) is 15.8 Å². The molecule has 2 aromatic carbocycles. The van der Waals surface area contributed by atoms with E-state index in [4.69, 9.17) is 0 Å².